The van der Waals surface area contributed by atoms with Crippen molar-refractivity contribution in [1.82, 2.24) is 0 Å². The number of anilines is 1. The van der Waals surface area contributed by atoms with Crippen molar-refractivity contribution < 1.29 is 0 Å². The molecule has 0 amide bonds. The van der Waals surface area contributed by atoms with Gasteiger partial charge in [-0.3, -0.25) is 0 Å². The lowest BCUT2D eigenvalue weighted by Crippen LogP contribution is -1.94. The van der Waals surface area contributed by atoms with E-state index in [4.69, 9.17) is 34.2 Å². The van der Waals surface area contributed by atoms with E-state index in [1.54, 1.807) is 24.3 Å². The minimum atomic E-state index is 0.368. The number of rotatable bonds is 1. The maximum absolute atomic E-state index is 8.95. The molecule has 2 aromatic rings. The monoisotopic (exact) mass is 262 g/mol. The topological polar surface area (TPSA) is 49.8 Å². The SMILES string of the molecule is N#Cc1cc(Cl)cc(-c2cccc(Cl)c2)c1N. The fraction of sp³-hybridized carbons (Fsp3) is 0. The maximum Gasteiger partial charge on any atom is 0.101 e. The molecule has 0 atom stereocenters. The average Bonchev–Trinajstić information content (AvgIpc) is 2.31. The zero-order valence-corrected chi connectivity index (χ0v) is 10.3. The largest absolute Gasteiger partial charge is 0.397 e. The van der Waals surface area contributed by atoms with Crippen LogP contribution in [0, 0.1) is 11.3 Å². The number of benzene rings is 2. The number of halogens is 2. The Morgan fingerprint density at radius 3 is 2.47 bits per heavy atom. The van der Waals surface area contributed by atoms with Gasteiger partial charge in [0.15, 0.2) is 0 Å². The van der Waals surface area contributed by atoms with Crippen LogP contribution in [0.1, 0.15) is 5.56 Å². The van der Waals surface area contributed by atoms with Gasteiger partial charge in [-0.15, -0.1) is 0 Å². The molecule has 0 aromatic heterocycles. The summed E-state index contributed by atoms with van der Waals surface area (Å²) in [5.41, 5.74) is 8.27. The molecule has 2 rings (SSSR count). The molecule has 0 saturated heterocycles. The lowest BCUT2D eigenvalue weighted by Gasteiger charge is -2.08. The lowest BCUT2D eigenvalue weighted by molar-refractivity contribution is 1.48. The predicted octanol–water partition coefficient (Wildman–Crippen LogP) is 4.11. The molecule has 0 aliphatic rings. The third kappa shape index (κ3) is 2.36. The molecule has 2 aromatic carbocycles. The Labute approximate surface area is 109 Å². The van der Waals surface area contributed by atoms with Crippen LogP contribution in [-0.2, 0) is 0 Å². The molecule has 17 heavy (non-hydrogen) atoms. The number of nitrogen functional groups attached to an aromatic ring is 1. The number of nitriles is 1. The van der Waals surface area contributed by atoms with Crippen molar-refractivity contribution in [2.45, 2.75) is 0 Å². The van der Waals surface area contributed by atoms with Crippen LogP contribution in [0.15, 0.2) is 36.4 Å². The maximum atomic E-state index is 8.95. The highest BCUT2D eigenvalue weighted by molar-refractivity contribution is 6.31. The van der Waals surface area contributed by atoms with Crippen LogP contribution in [-0.4, -0.2) is 0 Å². The second-order valence-electron chi connectivity index (χ2n) is 3.54. The van der Waals surface area contributed by atoms with E-state index in [0.29, 0.717) is 21.3 Å². The summed E-state index contributed by atoms with van der Waals surface area (Å²) in [4.78, 5) is 0. The molecular weight excluding hydrogens is 255 g/mol. The van der Waals surface area contributed by atoms with E-state index in [9.17, 15) is 0 Å². The van der Waals surface area contributed by atoms with Gasteiger partial charge in [0, 0.05) is 15.6 Å². The standard InChI is InChI=1S/C13H8Cl2N2/c14-10-3-1-2-8(4-10)12-6-11(15)5-9(7-16)13(12)17/h1-6H,17H2. The van der Waals surface area contributed by atoms with Crippen molar-refractivity contribution in [2.24, 2.45) is 0 Å². The summed E-state index contributed by atoms with van der Waals surface area (Å²) in [5, 5.41) is 10.0. The van der Waals surface area contributed by atoms with Crippen LogP contribution in [0.4, 0.5) is 5.69 Å². The van der Waals surface area contributed by atoms with Gasteiger partial charge in [-0.05, 0) is 29.8 Å². The normalized spacial score (nSPS) is 9.94. The fourth-order valence-corrected chi connectivity index (χ4v) is 2.01. The number of hydrogen-bond acceptors (Lipinski definition) is 2. The van der Waals surface area contributed by atoms with E-state index in [2.05, 4.69) is 0 Å². The molecule has 0 unspecified atom stereocenters. The first kappa shape index (κ1) is 11.8. The molecule has 0 bridgehead atoms. The first-order chi connectivity index (χ1) is 8.11. The second kappa shape index (κ2) is 4.67. The summed E-state index contributed by atoms with van der Waals surface area (Å²) in [6.07, 6.45) is 0. The smallest absolute Gasteiger partial charge is 0.101 e. The van der Waals surface area contributed by atoms with Gasteiger partial charge in [0.05, 0.1) is 11.3 Å². The number of nitrogens with two attached hydrogens (primary N) is 1. The molecule has 0 aliphatic carbocycles. The number of nitrogens with zero attached hydrogens (tertiary/aromatic N) is 1. The fourth-order valence-electron chi connectivity index (χ4n) is 1.61. The zero-order valence-electron chi connectivity index (χ0n) is 8.74. The summed E-state index contributed by atoms with van der Waals surface area (Å²) in [6, 6.07) is 12.5. The van der Waals surface area contributed by atoms with Crippen LogP contribution in [0.2, 0.25) is 10.0 Å². The first-order valence-corrected chi connectivity index (χ1v) is 5.62. The summed E-state index contributed by atoms with van der Waals surface area (Å²) < 4.78 is 0. The average molecular weight is 263 g/mol. The van der Waals surface area contributed by atoms with Crippen molar-refractivity contribution in [2.75, 3.05) is 5.73 Å². The van der Waals surface area contributed by atoms with E-state index in [0.717, 1.165) is 11.1 Å². The molecule has 0 saturated carbocycles. The molecule has 0 aliphatic heterocycles. The Bertz CT molecular complexity index is 615. The van der Waals surface area contributed by atoms with Crippen molar-refractivity contribution in [3.63, 3.8) is 0 Å². The van der Waals surface area contributed by atoms with Crippen LogP contribution in [0.5, 0.6) is 0 Å². The summed E-state index contributed by atoms with van der Waals surface area (Å²) in [5.74, 6) is 0. The molecule has 84 valence electrons. The minimum absolute atomic E-state index is 0.368. The molecule has 0 fully saturated rings. The zero-order chi connectivity index (χ0) is 12.4. The predicted molar refractivity (Wildman–Crippen MR) is 71.0 cm³/mol. The van der Waals surface area contributed by atoms with Crippen molar-refractivity contribution in [3.8, 4) is 17.2 Å². The van der Waals surface area contributed by atoms with Gasteiger partial charge >= 0.3 is 0 Å². The Balaban J connectivity index is 2.68. The van der Waals surface area contributed by atoms with Gasteiger partial charge in [-0.25, -0.2) is 0 Å². The van der Waals surface area contributed by atoms with E-state index >= 15 is 0 Å². The summed E-state index contributed by atoms with van der Waals surface area (Å²) >= 11 is 11.9. The van der Waals surface area contributed by atoms with Gasteiger partial charge in [0.25, 0.3) is 0 Å². The van der Waals surface area contributed by atoms with Crippen LogP contribution >= 0.6 is 23.2 Å². The Hall–Kier alpha value is -1.69. The van der Waals surface area contributed by atoms with Crippen molar-refractivity contribution in [3.05, 3.63) is 52.0 Å². The second-order valence-corrected chi connectivity index (χ2v) is 4.41. The Morgan fingerprint density at radius 1 is 1.06 bits per heavy atom. The van der Waals surface area contributed by atoms with Gasteiger partial charge < -0.3 is 5.73 Å². The number of hydrogen-bond donors (Lipinski definition) is 1. The third-order valence-corrected chi connectivity index (χ3v) is 2.85. The highest BCUT2D eigenvalue weighted by atomic mass is 35.5. The molecule has 2 nitrogen and oxygen atoms in total. The first-order valence-electron chi connectivity index (χ1n) is 4.87. The van der Waals surface area contributed by atoms with Gasteiger partial charge in [-0.1, -0.05) is 35.3 Å². The minimum Gasteiger partial charge on any atom is -0.397 e. The van der Waals surface area contributed by atoms with Gasteiger partial charge in [0.2, 0.25) is 0 Å². The molecule has 0 radical (unpaired) electrons. The van der Waals surface area contributed by atoms with E-state index in [1.807, 2.05) is 18.2 Å². The van der Waals surface area contributed by atoms with E-state index in [-0.39, 0.29) is 0 Å². The van der Waals surface area contributed by atoms with Crippen LogP contribution in [0.3, 0.4) is 0 Å². The quantitative estimate of drug-likeness (QED) is 0.787. The lowest BCUT2D eigenvalue weighted by atomic mass is 10.0. The molecule has 2 N–H and O–H groups in total. The summed E-state index contributed by atoms with van der Waals surface area (Å²) in [7, 11) is 0. The Morgan fingerprint density at radius 2 is 1.82 bits per heavy atom. The van der Waals surface area contributed by atoms with Crippen molar-refractivity contribution >= 4 is 28.9 Å². The molecule has 4 heteroatoms. The van der Waals surface area contributed by atoms with E-state index < -0.39 is 0 Å². The molecule has 0 spiro atoms. The van der Waals surface area contributed by atoms with E-state index in [1.165, 1.54) is 0 Å². The van der Waals surface area contributed by atoms with Crippen molar-refractivity contribution in [1.29, 1.82) is 5.26 Å². The van der Waals surface area contributed by atoms with Crippen LogP contribution < -0.4 is 5.73 Å². The van der Waals surface area contributed by atoms with Gasteiger partial charge in [-0.2, -0.15) is 5.26 Å². The molecule has 0 heterocycles. The molecular formula is C13H8Cl2N2. The van der Waals surface area contributed by atoms with Gasteiger partial charge in [0.1, 0.15) is 6.07 Å². The Kier molecular flexibility index (Phi) is 3.23. The third-order valence-electron chi connectivity index (χ3n) is 2.40. The van der Waals surface area contributed by atoms with Crippen LogP contribution in [0.25, 0.3) is 11.1 Å². The highest BCUT2D eigenvalue weighted by Crippen LogP contribution is 2.32. The highest BCUT2D eigenvalue weighted by Gasteiger charge is 2.09. The summed E-state index contributed by atoms with van der Waals surface area (Å²) in [6.45, 7) is 0.